The lowest BCUT2D eigenvalue weighted by Gasteiger charge is -2.22. The summed E-state index contributed by atoms with van der Waals surface area (Å²) in [6, 6.07) is 4.85. The molecule has 2 rings (SSSR count). The minimum atomic E-state index is -0.312. The average Bonchev–Trinajstić information content (AvgIpc) is 2.80. The first-order chi connectivity index (χ1) is 11.4. The highest BCUT2D eigenvalue weighted by atomic mass is 35.5. The quantitative estimate of drug-likeness (QED) is 0.807. The van der Waals surface area contributed by atoms with Gasteiger partial charge in [-0.1, -0.05) is 37.0 Å². The Morgan fingerprint density at radius 3 is 2.42 bits per heavy atom. The molecule has 1 heterocycles. The molecule has 0 N–H and O–H groups in total. The van der Waals surface area contributed by atoms with Crippen molar-refractivity contribution in [1.29, 1.82) is 0 Å². The summed E-state index contributed by atoms with van der Waals surface area (Å²) in [5.74, 6) is 0.194. The Labute approximate surface area is 152 Å². The fraction of sp³-hybridized carbons (Fsp3) is 0.529. The first-order valence-electron chi connectivity index (χ1n) is 8.04. The van der Waals surface area contributed by atoms with Crippen LogP contribution in [0.4, 0.5) is 4.79 Å². The Kier molecular flexibility index (Phi) is 6.75. The van der Waals surface area contributed by atoms with E-state index in [1.165, 1.54) is 0 Å². The number of hydrogen-bond acceptors (Lipinski definition) is 3. The summed E-state index contributed by atoms with van der Waals surface area (Å²) in [5, 5.41) is 0.777. The molecular weight excluding hydrogens is 351 g/mol. The zero-order valence-corrected chi connectivity index (χ0v) is 15.4. The third-order valence-electron chi connectivity index (χ3n) is 3.75. The maximum atomic E-state index is 12.6. The predicted molar refractivity (Wildman–Crippen MR) is 94.7 cm³/mol. The lowest BCUT2D eigenvalue weighted by molar-refractivity contribution is 0.0746. The second kappa shape index (κ2) is 8.58. The van der Waals surface area contributed by atoms with E-state index in [2.05, 4.69) is 0 Å². The molecule has 1 aromatic rings. The number of carbonyl (C=O) groups excluding carboxylic acids is 2. The van der Waals surface area contributed by atoms with Gasteiger partial charge in [-0.05, 0) is 30.5 Å². The largest absolute Gasteiger partial charge is 0.449 e. The van der Waals surface area contributed by atoms with E-state index >= 15 is 0 Å². The van der Waals surface area contributed by atoms with Gasteiger partial charge in [-0.25, -0.2) is 4.79 Å². The third kappa shape index (κ3) is 5.02. The Hall–Kier alpha value is -1.46. The number of nitrogens with zero attached hydrogens (tertiary/aromatic N) is 2. The van der Waals surface area contributed by atoms with Crippen molar-refractivity contribution in [2.45, 2.75) is 20.3 Å². The summed E-state index contributed by atoms with van der Waals surface area (Å²) in [7, 11) is 0. The van der Waals surface area contributed by atoms with Crippen LogP contribution in [0.1, 0.15) is 30.6 Å². The Bertz CT molecular complexity index is 607. The van der Waals surface area contributed by atoms with Crippen molar-refractivity contribution in [3.05, 3.63) is 33.8 Å². The topological polar surface area (TPSA) is 49.9 Å². The number of benzene rings is 1. The van der Waals surface area contributed by atoms with Crippen molar-refractivity contribution in [2.24, 2.45) is 5.92 Å². The minimum Gasteiger partial charge on any atom is -0.449 e. The van der Waals surface area contributed by atoms with Gasteiger partial charge >= 0.3 is 6.09 Å². The highest BCUT2D eigenvalue weighted by molar-refractivity contribution is 6.42. The first-order valence-corrected chi connectivity index (χ1v) is 8.80. The van der Waals surface area contributed by atoms with Crippen molar-refractivity contribution < 1.29 is 14.3 Å². The van der Waals surface area contributed by atoms with Crippen LogP contribution in [-0.2, 0) is 4.74 Å². The fourth-order valence-corrected chi connectivity index (χ4v) is 2.74. The predicted octanol–water partition coefficient (Wildman–Crippen LogP) is 3.93. The molecule has 0 unspecified atom stereocenters. The van der Waals surface area contributed by atoms with Gasteiger partial charge in [0.25, 0.3) is 5.91 Å². The minimum absolute atomic E-state index is 0.106. The SMILES string of the molecule is CC(C)COC(=O)N1CCCN(C(=O)c2ccc(Cl)c(Cl)c2)CC1. The maximum absolute atomic E-state index is 12.6. The van der Waals surface area contributed by atoms with E-state index in [4.69, 9.17) is 27.9 Å². The van der Waals surface area contributed by atoms with Crippen LogP contribution in [0, 0.1) is 5.92 Å². The Balaban J connectivity index is 1.95. The standard InChI is InChI=1S/C17H22Cl2N2O3/c1-12(2)11-24-17(23)21-7-3-6-20(8-9-21)16(22)13-4-5-14(18)15(19)10-13/h4-5,10,12H,3,6-9,11H2,1-2H3. The van der Waals surface area contributed by atoms with Crippen molar-refractivity contribution in [2.75, 3.05) is 32.8 Å². The molecule has 0 radical (unpaired) electrons. The molecule has 0 aliphatic carbocycles. The van der Waals surface area contributed by atoms with Gasteiger partial charge in [0.2, 0.25) is 0 Å². The van der Waals surface area contributed by atoms with E-state index in [1.54, 1.807) is 28.0 Å². The molecular formula is C17H22Cl2N2O3. The van der Waals surface area contributed by atoms with E-state index in [-0.39, 0.29) is 12.0 Å². The van der Waals surface area contributed by atoms with Gasteiger partial charge in [-0.2, -0.15) is 0 Å². The summed E-state index contributed by atoms with van der Waals surface area (Å²) < 4.78 is 5.26. The zero-order chi connectivity index (χ0) is 17.7. The summed E-state index contributed by atoms with van der Waals surface area (Å²) in [6.45, 7) is 6.50. The number of ether oxygens (including phenoxy) is 1. The van der Waals surface area contributed by atoms with Gasteiger partial charge in [-0.15, -0.1) is 0 Å². The fourth-order valence-electron chi connectivity index (χ4n) is 2.44. The second-order valence-corrected chi connectivity index (χ2v) is 7.05. The molecule has 1 fully saturated rings. The van der Waals surface area contributed by atoms with Crippen LogP contribution >= 0.6 is 23.2 Å². The van der Waals surface area contributed by atoms with Crippen LogP contribution < -0.4 is 0 Å². The Morgan fingerprint density at radius 1 is 1.08 bits per heavy atom. The second-order valence-electron chi connectivity index (χ2n) is 6.23. The van der Waals surface area contributed by atoms with Crippen LogP contribution in [0.15, 0.2) is 18.2 Å². The summed E-state index contributed by atoms with van der Waals surface area (Å²) in [5.41, 5.74) is 0.500. The normalized spacial score (nSPS) is 15.4. The van der Waals surface area contributed by atoms with Crippen LogP contribution in [0.2, 0.25) is 10.0 Å². The van der Waals surface area contributed by atoms with E-state index in [9.17, 15) is 9.59 Å². The molecule has 0 atom stereocenters. The molecule has 1 aromatic carbocycles. The van der Waals surface area contributed by atoms with E-state index in [0.717, 1.165) is 0 Å². The number of rotatable bonds is 3. The molecule has 1 saturated heterocycles. The van der Waals surface area contributed by atoms with Gasteiger partial charge in [0, 0.05) is 31.7 Å². The van der Waals surface area contributed by atoms with Crippen LogP contribution in [0.3, 0.4) is 0 Å². The molecule has 0 aromatic heterocycles. The number of halogens is 2. The molecule has 24 heavy (non-hydrogen) atoms. The van der Waals surface area contributed by atoms with E-state index in [1.807, 2.05) is 13.8 Å². The summed E-state index contributed by atoms with van der Waals surface area (Å²) >= 11 is 11.9. The van der Waals surface area contributed by atoms with Gasteiger partial charge in [0.15, 0.2) is 0 Å². The molecule has 7 heteroatoms. The van der Waals surface area contributed by atoms with Gasteiger partial charge in [-0.3, -0.25) is 4.79 Å². The molecule has 5 nitrogen and oxygen atoms in total. The van der Waals surface area contributed by atoms with Crippen LogP contribution in [-0.4, -0.2) is 54.6 Å². The van der Waals surface area contributed by atoms with Gasteiger partial charge < -0.3 is 14.5 Å². The zero-order valence-electron chi connectivity index (χ0n) is 13.9. The van der Waals surface area contributed by atoms with Gasteiger partial charge in [0.05, 0.1) is 16.7 Å². The molecule has 0 spiro atoms. The summed E-state index contributed by atoms with van der Waals surface area (Å²) in [4.78, 5) is 28.0. The van der Waals surface area contributed by atoms with Crippen molar-refractivity contribution in [3.8, 4) is 0 Å². The molecule has 2 amide bonds. The van der Waals surface area contributed by atoms with Crippen molar-refractivity contribution >= 4 is 35.2 Å². The third-order valence-corrected chi connectivity index (χ3v) is 4.49. The lowest BCUT2D eigenvalue weighted by Crippen LogP contribution is -2.37. The molecule has 132 valence electrons. The van der Waals surface area contributed by atoms with Crippen molar-refractivity contribution in [3.63, 3.8) is 0 Å². The molecule has 0 bridgehead atoms. The summed E-state index contributed by atoms with van der Waals surface area (Å²) in [6.07, 6.45) is 0.400. The van der Waals surface area contributed by atoms with E-state index in [0.29, 0.717) is 60.7 Å². The Morgan fingerprint density at radius 2 is 1.75 bits per heavy atom. The maximum Gasteiger partial charge on any atom is 0.409 e. The van der Waals surface area contributed by atoms with Crippen LogP contribution in [0.25, 0.3) is 0 Å². The molecule has 1 aliphatic heterocycles. The van der Waals surface area contributed by atoms with Crippen LogP contribution in [0.5, 0.6) is 0 Å². The molecule has 0 saturated carbocycles. The highest BCUT2D eigenvalue weighted by Gasteiger charge is 2.24. The van der Waals surface area contributed by atoms with Gasteiger partial charge in [0.1, 0.15) is 0 Å². The van der Waals surface area contributed by atoms with E-state index < -0.39 is 0 Å². The first kappa shape index (κ1) is 18.9. The number of hydrogen-bond donors (Lipinski definition) is 0. The highest BCUT2D eigenvalue weighted by Crippen LogP contribution is 2.23. The monoisotopic (exact) mass is 372 g/mol. The smallest absolute Gasteiger partial charge is 0.409 e. The number of amides is 2. The average molecular weight is 373 g/mol. The number of carbonyl (C=O) groups is 2. The van der Waals surface area contributed by atoms with Crippen molar-refractivity contribution in [1.82, 2.24) is 9.80 Å². The lowest BCUT2D eigenvalue weighted by atomic mass is 10.2. The molecule has 1 aliphatic rings.